The summed E-state index contributed by atoms with van der Waals surface area (Å²) >= 11 is 0. The van der Waals surface area contributed by atoms with E-state index in [0.29, 0.717) is 5.41 Å². The smallest absolute Gasteiger partial charge is 0.123 e. The zero-order valence-corrected chi connectivity index (χ0v) is 11.0. The highest BCUT2D eigenvalue weighted by Gasteiger charge is 2.50. The second kappa shape index (κ2) is 4.11. The zero-order chi connectivity index (χ0) is 12.8. The first-order valence-electron chi connectivity index (χ1n) is 6.76. The van der Waals surface area contributed by atoms with E-state index < -0.39 is 0 Å². The molecule has 1 nitrogen and oxygen atoms in total. The first kappa shape index (κ1) is 11.8. The Bertz CT molecular complexity index is 472. The van der Waals surface area contributed by atoms with Crippen LogP contribution in [0.25, 0.3) is 0 Å². The Morgan fingerprint density at radius 3 is 2.61 bits per heavy atom. The van der Waals surface area contributed by atoms with Crippen molar-refractivity contribution in [3.05, 3.63) is 41.7 Å². The normalized spacial score (nSPS) is 28.3. The van der Waals surface area contributed by atoms with E-state index in [4.69, 9.17) is 0 Å². The van der Waals surface area contributed by atoms with Gasteiger partial charge in [-0.05, 0) is 54.4 Å². The largest absolute Gasteiger partial charge is 0.381 e. The SMILES string of the molecule is CC1(C)C2CC=C(CNc3ccc(F)cc3)C1C2. The third-order valence-corrected chi connectivity index (χ3v) is 4.92. The summed E-state index contributed by atoms with van der Waals surface area (Å²) in [5.74, 6) is 1.45. The predicted octanol–water partition coefficient (Wildman–Crippen LogP) is 4.23. The van der Waals surface area contributed by atoms with Gasteiger partial charge >= 0.3 is 0 Å². The molecule has 0 amide bonds. The Balaban J connectivity index is 1.64. The van der Waals surface area contributed by atoms with Crippen LogP contribution < -0.4 is 5.32 Å². The molecule has 3 aliphatic carbocycles. The van der Waals surface area contributed by atoms with Crippen LogP contribution in [-0.2, 0) is 0 Å². The van der Waals surface area contributed by atoms with Gasteiger partial charge in [0.15, 0.2) is 0 Å². The van der Waals surface area contributed by atoms with E-state index in [1.807, 2.05) is 0 Å². The highest BCUT2D eigenvalue weighted by atomic mass is 19.1. The van der Waals surface area contributed by atoms with E-state index >= 15 is 0 Å². The molecule has 0 spiro atoms. The first-order valence-corrected chi connectivity index (χ1v) is 6.76. The fourth-order valence-corrected chi connectivity index (χ4v) is 3.45. The fourth-order valence-electron chi connectivity index (χ4n) is 3.45. The van der Waals surface area contributed by atoms with Crippen molar-refractivity contribution in [3.63, 3.8) is 0 Å². The minimum absolute atomic E-state index is 0.180. The molecule has 2 heteroatoms. The molecule has 0 saturated heterocycles. The molecule has 0 aromatic heterocycles. The number of hydrogen-bond donors (Lipinski definition) is 1. The fraction of sp³-hybridized carbons (Fsp3) is 0.500. The van der Waals surface area contributed by atoms with Gasteiger partial charge in [-0.3, -0.25) is 0 Å². The van der Waals surface area contributed by atoms with E-state index in [-0.39, 0.29) is 5.82 Å². The van der Waals surface area contributed by atoms with Gasteiger partial charge < -0.3 is 5.32 Å². The van der Waals surface area contributed by atoms with Crippen LogP contribution in [0, 0.1) is 23.1 Å². The average Bonchev–Trinajstić information content (AvgIpc) is 2.38. The van der Waals surface area contributed by atoms with E-state index in [1.54, 1.807) is 12.1 Å². The molecule has 2 bridgehead atoms. The van der Waals surface area contributed by atoms with Gasteiger partial charge in [-0.25, -0.2) is 4.39 Å². The molecule has 1 saturated carbocycles. The molecule has 1 aromatic carbocycles. The first-order chi connectivity index (χ1) is 8.57. The summed E-state index contributed by atoms with van der Waals surface area (Å²) in [4.78, 5) is 0. The van der Waals surface area contributed by atoms with Crippen LogP contribution in [0.1, 0.15) is 26.7 Å². The van der Waals surface area contributed by atoms with Gasteiger partial charge in [-0.2, -0.15) is 0 Å². The molecular weight excluding hydrogens is 225 g/mol. The Hall–Kier alpha value is -1.31. The lowest BCUT2D eigenvalue weighted by Gasteiger charge is -2.56. The van der Waals surface area contributed by atoms with Crippen LogP contribution in [0.3, 0.4) is 0 Å². The number of allylic oxidation sites excluding steroid dienone is 1. The summed E-state index contributed by atoms with van der Waals surface area (Å²) in [6.45, 7) is 5.67. The molecule has 2 atom stereocenters. The van der Waals surface area contributed by atoms with E-state index in [0.717, 1.165) is 24.1 Å². The van der Waals surface area contributed by atoms with E-state index in [2.05, 4.69) is 25.2 Å². The van der Waals surface area contributed by atoms with Gasteiger partial charge in [-0.15, -0.1) is 0 Å². The number of fused-ring (bicyclic) bond motifs is 1. The number of nitrogens with one attached hydrogen (secondary N) is 1. The maximum absolute atomic E-state index is 12.8. The molecule has 0 aliphatic heterocycles. The molecule has 18 heavy (non-hydrogen) atoms. The Morgan fingerprint density at radius 1 is 1.28 bits per heavy atom. The molecule has 0 heterocycles. The van der Waals surface area contributed by atoms with Crippen LogP contribution in [0.2, 0.25) is 0 Å². The number of benzene rings is 1. The third-order valence-electron chi connectivity index (χ3n) is 4.92. The molecule has 4 rings (SSSR count). The van der Waals surface area contributed by atoms with Crippen molar-refractivity contribution in [3.8, 4) is 0 Å². The van der Waals surface area contributed by atoms with Crippen LogP contribution in [0.4, 0.5) is 10.1 Å². The van der Waals surface area contributed by atoms with Crippen molar-refractivity contribution in [2.75, 3.05) is 11.9 Å². The lowest BCUT2D eigenvalue weighted by Crippen LogP contribution is -2.49. The predicted molar refractivity (Wildman–Crippen MR) is 73.0 cm³/mol. The summed E-state index contributed by atoms with van der Waals surface area (Å²) in [7, 11) is 0. The number of hydrogen-bond acceptors (Lipinski definition) is 1. The Labute approximate surface area is 108 Å². The van der Waals surface area contributed by atoms with Crippen molar-refractivity contribution in [2.24, 2.45) is 17.3 Å². The highest BCUT2D eigenvalue weighted by molar-refractivity contribution is 5.44. The number of anilines is 1. The Morgan fingerprint density at radius 2 is 2.00 bits per heavy atom. The molecular formula is C16H20FN. The van der Waals surface area contributed by atoms with Crippen LogP contribution in [0.15, 0.2) is 35.9 Å². The summed E-state index contributed by atoms with van der Waals surface area (Å²) in [5, 5.41) is 3.40. The monoisotopic (exact) mass is 245 g/mol. The van der Waals surface area contributed by atoms with E-state index in [1.165, 1.54) is 30.5 Å². The molecule has 1 N–H and O–H groups in total. The maximum atomic E-state index is 12.8. The molecule has 0 radical (unpaired) electrons. The van der Waals surface area contributed by atoms with Crippen LogP contribution >= 0.6 is 0 Å². The van der Waals surface area contributed by atoms with Gasteiger partial charge in [0.05, 0.1) is 0 Å². The lowest BCUT2D eigenvalue weighted by molar-refractivity contribution is -0.00629. The quantitative estimate of drug-likeness (QED) is 0.786. The number of halogens is 1. The standard InChI is InChI=1S/C16H20FN/c1-16(2)12-4-3-11(15(16)9-12)10-18-14-7-5-13(17)6-8-14/h3,5-8,12,15,18H,4,9-10H2,1-2H3. The topological polar surface area (TPSA) is 12.0 Å². The summed E-state index contributed by atoms with van der Waals surface area (Å²) in [6, 6.07) is 6.60. The van der Waals surface area contributed by atoms with Crippen molar-refractivity contribution in [1.82, 2.24) is 0 Å². The second-order valence-corrected chi connectivity index (χ2v) is 6.18. The van der Waals surface area contributed by atoms with Gasteiger partial charge in [0.2, 0.25) is 0 Å². The van der Waals surface area contributed by atoms with E-state index in [9.17, 15) is 4.39 Å². The zero-order valence-electron chi connectivity index (χ0n) is 11.0. The van der Waals surface area contributed by atoms with Crippen molar-refractivity contribution in [2.45, 2.75) is 26.7 Å². The summed E-state index contributed by atoms with van der Waals surface area (Å²) in [6.07, 6.45) is 4.98. The van der Waals surface area contributed by atoms with Crippen molar-refractivity contribution in [1.29, 1.82) is 0 Å². The van der Waals surface area contributed by atoms with Gasteiger partial charge in [0, 0.05) is 12.2 Å². The lowest BCUT2D eigenvalue weighted by atomic mass is 9.49. The van der Waals surface area contributed by atoms with Gasteiger partial charge in [0.25, 0.3) is 0 Å². The van der Waals surface area contributed by atoms with Crippen LogP contribution in [0.5, 0.6) is 0 Å². The van der Waals surface area contributed by atoms with Crippen molar-refractivity contribution >= 4 is 5.69 Å². The third kappa shape index (κ3) is 1.84. The highest BCUT2D eigenvalue weighted by Crippen LogP contribution is 2.59. The van der Waals surface area contributed by atoms with Crippen molar-refractivity contribution < 1.29 is 4.39 Å². The van der Waals surface area contributed by atoms with Crippen LogP contribution in [-0.4, -0.2) is 6.54 Å². The second-order valence-electron chi connectivity index (χ2n) is 6.18. The molecule has 1 fully saturated rings. The summed E-state index contributed by atoms with van der Waals surface area (Å²) in [5.41, 5.74) is 3.01. The maximum Gasteiger partial charge on any atom is 0.123 e. The number of rotatable bonds is 3. The Kier molecular flexibility index (Phi) is 2.69. The molecule has 96 valence electrons. The van der Waals surface area contributed by atoms with Gasteiger partial charge in [-0.1, -0.05) is 25.5 Å². The van der Waals surface area contributed by atoms with Gasteiger partial charge in [0.1, 0.15) is 5.82 Å². The average molecular weight is 245 g/mol. The molecule has 2 unspecified atom stereocenters. The minimum atomic E-state index is -0.180. The molecule has 3 aliphatic rings. The minimum Gasteiger partial charge on any atom is -0.381 e. The molecule has 1 aromatic rings. The summed E-state index contributed by atoms with van der Waals surface area (Å²) < 4.78 is 12.8.